The van der Waals surface area contributed by atoms with Crippen LogP contribution in [0.3, 0.4) is 0 Å². The molecule has 2 atom stereocenters. The van der Waals surface area contributed by atoms with Crippen LogP contribution in [0, 0.1) is 5.92 Å². The smallest absolute Gasteiger partial charge is 0.181 e. The van der Waals surface area contributed by atoms with Gasteiger partial charge in [-0.2, -0.15) is 0 Å². The van der Waals surface area contributed by atoms with Gasteiger partial charge in [0.05, 0.1) is 5.69 Å². The summed E-state index contributed by atoms with van der Waals surface area (Å²) in [5.41, 5.74) is 1.14. The van der Waals surface area contributed by atoms with Crippen LogP contribution in [0.5, 0.6) is 0 Å². The molecule has 2 saturated carbocycles. The summed E-state index contributed by atoms with van der Waals surface area (Å²) in [5, 5.41) is 3.52. The molecule has 2 aliphatic rings. The van der Waals surface area contributed by atoms with Gasteiger partial charge in [0.15, 0.2) is 6.39 Å². The second-order valence-electron chi connectivity index (χ2n) is 5.33. The normalized spacial score (nSPS) is 29.8. The lowest BCUT2D eigenvalue weighted by Gasteiger charge is -2.13. The van der Waals surface area contributed by atoms with Crippen LogP contribution >= 0.6 is 0 Å². The summed E-state index contributed by atoms with van der Waals surface area (Å²) in [6.45, 7) is 3.22. The van der Waals surface area contributed by atoms with Crippen molar-refractivity contribution in [2.24, 2.45) is 5.92 Å². The molecule has 0 radical (unpaired) electrons. The van der Waals surface area contributed by atoms with Crippen LogP contribution in [-0.4, -0.2) is 11.0 Å². The lowest BCUT2D eigenvalue weighted by molar-refractivity contribution is 0.407. The molecule has 1 heterocycles. The summed E-state index contributed by atoms with van der Waals surface area (Å²) in [6.07, 6.45) is 8.21. The third kappa shape index (κ3) is 2.01. The monoisotopic (exact) mass is 220 g/mol. The number of oxazole rings is 1. The highest BCUT2D eigenvalue weighted by Gasteiger charge is 2.30. The van der Waals surface area contributed by atoms with Crippen LogP contribution < -0.4 is 5.32 Å². The fourth-order valence-corrected chi connectivity index (χ4v) is 2.78. The lowest BCUT2D eigenvalue weighted by Crippen LogP contribution is -2.17. The fraction of sp³-hybridized carbons (Fsp3) is 0.769. The van der Waals surface area contributed by atoms with Gasteiger partial charge in [-0.25, -0.2) is 4.98 Å². The molecule has 1 aromatic rings. The zero-order valence-electron chi connectivity index (χ0n) is 9.91. The minimum absolute atomic E-state index is 0.610. The van der Waals surface area contributed by atoms with E-state index in [1.54, 1.807) is 6.39 Å². The zero-order valence-corrected chi connectivity index (χ0v) is 9.91. The standard InChI is InChI=1S/C13H20N2O/c1-9-3-2-4-11(9)13-12(15-8-16-13)7-14-10-5-6-10/h8-11,14H,2-7H2,1H3. The Kier molecular flexibility index (Phi) is 2.72. The molecule has 3 heteroatoms. The first-order chi connectivity index (χ1) is 7.84. The van der Waals surface area contributed by atoms with E-state index in [4.69, 9.17) is 4.42 Å². The molecule has 0 aromatic carbocycles. The third-order valence-corrected chi connectivity index (χ3v) is 4.01. The van der Waals surface area contributed by atoms with Gasteiger partial charge in [-0.15, -0.1) is 0 Å². The number of nitrogens with one attached hydrogen (secondary N) is 1. The molecule has 3 rings (SSSR count). The van der Waals surface area contributed by atoms with E-state index in [0.29, 0.717) is 5.92 Å². The molecule has 2 fully saturated rings. The van der Waals surface area contributed by atoms with Crippen molar-refractivity contribution in [1.82, 2.24) is 10.3 Å². The highest BCUT2D eigenvalue weighted by Crippen LogP contribution is 2.40. The van der Waals surface area contributed by atoms with Crippen molar-refractivity contribution in [2.75, 3.05) is 0 Å². The van der Waals surface area contributed by atoms with Crippen LogP contribution in [0.15, 0.2) is 10.8 Å². The summed E-state index contributed by atoms with van der Waals surface area (Å²) in [4.78, 5) is 4.37. The second-order valence-corrected chi connectivity index (χ2v) is 5.33. The van der Waals surface area contributed by atoms with E-state index in [1.165, 1.54) is 32.1 Å². The molecule has 1 N–H and O–H groups in total. The van der Waals surface area contributed by atoms with Gasteiger partial charge < -0.3 is 9.73 Å². The Labute approximate surface area is 96.6 Å². The van der Waals surface area contributed by atoms with Crippen molar-refractivity contribution in [3.8, 4) is 0 Å². The van der Waals surface area contributed by atoms with E-state index in [2.05, 4.69) is 17.2 Å². The van der Waals surface area contributed by atoms with Gasteiger partial charge in [-0.05, 0) is 31.6 Å². The van der Waals surface area contributed by atoms with E-state index < -0.39 is 0 Å². The van der Waals surface area contributed by atoms with E-state index in [9.17, 15) is 0 Å². The van der Waals surface area contributed by atoms with Crippen LogP contribution in [0.2, 0.25) is 0 Å². The largest absolute Gasteiger partial charge is 0.448 e. The predicted octanol–water partition coefficient (Wildman–Crippen LogP) is 2.83. The Balaban J connectivity index is 1.70. The first-order valence-corrected chi connectivity index (χ1v) is 6.50. The van der Waals surface area contributed by atoms with Gasteiger partial charge in [0.2, 0.25) is 0 Å². The maximum Gasteiger partial charge on any atom is 0.181 e. The fourth-order valence-electron chi connectivity index (χ4n) is 2.78. The molecule has 0 saturated heterocycles. The van der Waals surface area contributed by atoms with Gasteiger partial charge in [0.25, 0.3) is 0 Å². The summed E-state index contributed by atoms with van der Waals surface area (Å²) >= 11 is 0. The van der Waals surface area contributed by atoms with Crippen molar-refractivity contribution < 1.29 is 4.42 Å². The second kappa shape index (κ2) is 4.21. The Hall–Kier alpha value is -0.830. The molecule has 0 spiro atoms. The number of hydrogen-bond acceptors (Lipinski definition) is 3. The highest BCUT2D eigenvalue weighted by atomic mass is 16.3. The third-order valence-electron chi connectivity index (χ3n) is 4.01. The molecule has 88 valence electrons. The first-order valence-electron chi connectivity index (χ1n) is 6.50. The first kappa shape index (κ1) is 10.3. The number of rotatable bonds is 4. The predicted molar refractivity (Wildman–Crippen MR) is 62.1 cm³/mol. The minimum Gasteiger partial charge on any atom is -0.448 e. The summed E-state index contributed by atoms with van der Waals surface area (Å²) in [5.74, 6) is 2.52. The number of aromatic nitrogens is 1. The van der Waals surface area contributed by atoms with Crippen LogP contribution in [0.25, 0.3) is 0 Å². The Morgan fingerprint density at radius 1 is 1.38 bits per heavy atom. The molecule has 16 heavy (non-hydrogen) atoms. The zero-order chi connectivity index (χ0) is 11.0. The Morgan fingerprint density at radius 3 is 2.94 bits per heavy atom. The van der Waals surface area contributed by atoms with Crippen molar-refractivity contribution in [3.63, 3.8) is 0 Å². The molecule has 2 aliphatic carbocycles. The van der Waals surface area contributed by atoms with E-state index >= 15 is 0 Å². The van der Waals surface area contributed by atoms with Gasteiger partial charge in [-0.1, -0.05) is 13.3 Å². The average molecular weight is 220 g/mol. The minimum atomic E-state index is 0.610. The summed E-state index contributed by atoms with van der Waals surface area (Å²) < 4.78 is 5.62. The molecule has 3 nitrogen and oxygen atoms in total. The molecule has 0 amide bonds. The topological polar surface area (TPSA) is 38.1 Å². The van der Waals surface area contributed by atoms with Gasteiger partial charge in [-0.3, -0.25) is 0 Å². The molecule has 2 unspecified atom stereocenters. The molecule has 0 aliphatic heterocycles. The van der Waals surface area contributed by atoms with Crippen LogP contribution in [0.1, 0.15) is 56.4 Å². The highest BCUT2D eigenvalue weighted by molar-refractivity contribution is 5.15. The maximum absolute atomic E-state index is 5.62. The van der Waals surface area contributed by atoms with Crippen molar-refractivity contribution >= 4 is 0 Å². The van der Waals surface area contributed by atoms with Gasteiger partial charge in [0, 0.05) is 18.5 Å². The van der Waals surface area contributed by atoms with Crippen molar-refractivity contribution in [2.45, 2.75) is 57.5 Å². The van der Waals surface area contributed by atoms with E-state index in [-0.39, 0.29) is 0 Å². The van der Waals surface area contributed by atoms with E-state index in [0.717, 1.165) is 30.0 Å². The van der Waals surface area contributed by atoms with Crippen LogP contribution in [-0.2, 0) is 6.54 Å². The molecule has 1 aromatic heterocycles. The quantitative estimate of drug-likeness (QED) is 0.848. The maximum atomic E-state index is 5.62. The van der Waals surface area contributed by atoms with Crippen LogP contribution in [0.4, 0.5) is 0 Å². The Morgan fingerprint density at radius 2 is 2.25 bits per heavy atom. The van der Waals surface area contributed by atoms with Gasteiger partial charge in [0.1, 0.15) is 5.76 Å². The average Bonchev–Trinajstić information content (AvgIpc) is 2.83. The Bertz CT molecular complexity index is 357. The van der Waals surface area contributed by atoms with Crippen molar-refractivity contribution in [3.05, 3.63) is 17.8 Å². The SMILES string of the molecule is CC1CCCC1c1ocnc1CNC1CC1. The summed E-state index contributed by atoms with van der Waals surface area (Å²) in [6, 6.07) is 0.741. The lowest BCUT2D eigenvalue weighted by atomic mass is 9.94. The van der Waals surface area contributed by atoms with Gasteiger partial charge >= 0.3 is 0 Å². The summed E-state index contributed by atoms with van der Waals surface area (Å²) in [7, 11) is 0. The van der Waals surface area contributed by atoms with E-state index in [1.807, 2.05) is 0 Å². The number of nitrogens with zero attached hydrogens (tertiary/aromatic N) is 1. The number of hydrogen-bond donors (Lipinski definition) is 1. The molecule has 0 bridgehead atoms. The molecular weight excluding hydrogens is 200 g/mol. The molecular formula is C13H20N2O. The van der Waals surface area contributed by atoms with Crippen molar-refractivity contribution in [1.29, 1.82) is 0 Å².